The van der Waals surface area contributed by atoms with Crippen LogP contribution in [0.15, 0.2) is 12.7 Å². The SMILES string of the molecule is C=CCCCOc1nc(NC)nc(N2CCOCC2)n1. The molecular weight excluding hydrogens is 258 g/mol. The highest BCUT2D eigenvalue weighted by Gasteiger charge is 2.16. The van der Waals surface area contributed by atoms with Crippen molar-refractivity contribution >= 4 is 11.9 Å². The number of nitrogens with one attached hydrogen (secondary N) is 1. The molecule has 20 heavy (non-hydrogen) atoms. The van der Waals surface area contributed by atoms with Gasteiger partial charge in [-0.1, -0.05) is 6.08 Å². The largest absolute Gasteiger partial charge is 0.463 e. The van der Waals surface area contributed by atoms with Gasteiger partial charge in [0, 0.05) is 20.1 Å². The summed E-state index contributed by atoms with van der Waals surface area (Å²) in [5, 5.41) is 2.93. The highest BCUT2D eigenvalue weighted by atomic mass is 16.5. The average molecular weight is 279 g/mol. The van der Waals surface area contributed by atoms with Crippen molar-refractivity contribution in [2.24, 2.45) is 0 Å². The second-order valence-corrected chi connectivity index (χ2v) is 4.37. The Bertz CT molecular complexity index is 435. The Morgan fingerprint density at radius 1 is 1.35 bits per heavy atom. The second kappa shape index (κ2) is 7.64. The molecule has 7 heteroatoms. The standard InChI is InChI=1S/C13H21N5O2/c1-3-4-5-8-20-13-16-11(14-2)15-12(17-13)18-6-9-19-10-7-18/h3H,1,4-10H2,2H3,(H,14,15,16,17). The summed E-state index contributed by atoms with van der Waals surface area (Å²) in [6.45, 7) is 7.20. The molecule has 2 rings (SSSR count). The quantitative estimate of drug-likeness (QED) is 0.591. The minimum atomic E-state index is 0.356. The fourth-order valence-electron chi connectivity index (χ4n) is 1.82. The number of allylic oxidation sites excluding steroid dienone is 1. The first-order chi connectivity index (χ1) is 9.83. The van der Waals surface area contributed by atoms with Gasteiger partial charge in [-0.15, -0.1) is 6.58 Å². The van der Waals surface area contributed by atoms with Crippen LogP contribution in [0.2, 0.25) is 0 Å². The molecule has 0 unspecified atom stereocenters. The van der Waals surface area contributed by atoms with Crippen molar-refractivity contribution in [3.8, 4) is 6.01 Å². The zero-order valence-corrected chi connectivity index (χ0v) is 11.8. The predicted molar refractivity (Wildman–Crippen MR) is 77.3 cm³/mol. The van der Waals surface area contributed by atoms with Crippen LogP contribution >= 0.6 is 0 Å². The second-order valence-electron chi connectivity index (χ2n) is 4.37. The molecule has 1 aliphatic heterocycles. The minimum absolute atomic E-state index is 0.356. The summed E-state index contributed by atoms with van der Waals surface area (Å²) in [4.78, 5) is 15.0. The Balaban J connectivity index is 2.04. The molecule has 1 N–H and O–H groups in total. The molecule has 0 radical (unpaired) electrons. The molecular formula is C13H21N5O2. The lowest BCUT2D eigenvalue weighted by Gasteiger charge is -2.26. The van der Waals surface area contributed by atoms with Crippen LogP contribution in [0.5, 0.6) is 6.01 Å². The molecule has 110 valence electrons. The van der Waals surface area contributed by atoms with E-state index in [1.807, 2.05) is 6.08 Å². The van der Waals surface area contributed by atoms with Crippen molar-refractivity contribution in [2.75, 3.05) is 50.2 Å². The summed E-state index contributed by atoms with van der Waals surface area (Å²) in [5.74, 6) is 1.14. The van der Waals surface area contributed by atoms with Crippen molar-refractivity contribution in [3.05, 3.63) is 12.7 Å². The number of aromatic nitrogens is 3. The normalized spacial score (nSPS) is 14.9. The molecule has 0 amide bonds. The van der Waals surface area contributed by atoms with E-state index in [0.29, 0.717) is 37.7 Å². The summed E-state index contributed by atoms with van der Waals surface area (Å²) in [5.41, 5.74) is 0. The van der Waals surface area contributed by atoms with Gasteiger partial charge in [0.15, 0.2) is 0 Å². The van der Waals surface area contributed by atoms with Crippen LogP contribution in [0.1, 0.15) is 12.8 Å². The molecule has 1 aromatic rings. The van der Waals surface area contributed by atoms with Crippen LogP contribution in [0, 0.1) is 0 Å². The number of rotatable bonds is 7. The smallest absolute Gasteiger partial charge is 0.323 e. The summed E-state index contributed by atoms with van der Waals surface area (Å²) in [6.07, 6.45) is 3.69. The van der Waals surface area contributed by atoms with E-state index in [1.54, 1.807) is 7.05 Å². The zero-order valence-electron chi connectivity index (χ0n) is 11.8. The van der Waals surface area contributed by atoms with Gasteiger partial charge in [0.2, 0.25) is 11.9 Å². The monoisotopic (exact) mass is 279 g/mol. The first kappa shape index (κ1) is 14.5. The summed E-state index contributed by atoms with van der Waals surface area (Å²) >= 11 is 0. The van der Waals surface area contributed by atoms with Gasteiger partial charge in [-0.3, -0.25) is 0 Å². The van der Waals surface area contributed by atoms with Crippen LogP contribution in [0.4, 0.5) is 11.9 Å². The molecule has 0 spiro atoms. The molecule has 1 aliphatic rings. The highest BCUT2D eigenvalue weighted by Crippen LogP contribution is 2.16. The molecule has 7 nitrogen and oxygen atoms in total. The van der Waals surface area contributed by atoms with E-state index < -0.39 is 0 Å². The third-order valence-electron chi connectivity index (χ3n) is 2.90. The highest BCUT2D eigenvalue weighted by molar-refractivity contribution is 5.38. The lowest BCUT2D eigenvalue weighted by atomic mass is 10.3. The average Bonchev–Trinajstić information content (AvgIpc) is 2.52. The first-order valence-electron chi connectivity index (χ1n) is 6.83. The van der Waals surface area contributed by atoms with E-state index in [9.17, 15) is 0 Å². The maximum Gasteiger partial charge on any atom is 0.323 e. The third-order valence-corrected chi connectivity index (χ3v) is 2.90. The number of nitrogens with zero attached hydrogens (tertiary/aromatic N) is 4. The molecule has 0 atom stereocenters. The van der Waals surface area contributed by atoms with Crippen LogP contribution in [0.25, 0.3) is 0 Å². The van der Waals surface area contributed by atoms with Crippen molar-refractivity contribution in [2.45, 2.75) is 12.8 Å². The van der Waals surface area contributed by atoms with E-state index >= 15 is 0 Å². The summed E-state index contributed by atoms with van der Waals surface area (Å²) in [7, 11) is 1.78. The van der Waals surface area contributed by atoms with E-state index in [0.717, 1.165) is 25.9 Å². The van der Waals surface area contributed by atoms with Gasteiger partial charge in [0.05, 0.1) is 19.8 Å². The first-order valence-corrected chi connectivity index (χ1v) is 6.83. The van der Waals surface area contributed by atoms with Crippen LogP contribution in [-0.2, 0) is 4.74 Å². The molecule has 2 heterocycles. The number of unbranched alkanes of at least 4 members (excludes halogenated alkanes) is 1. The van der Waals surface area contributed by atoms with E-state index in [1.165, 1.54) is 0 Å². The predicted octanol–water partition coefficient (Wildman–Crippen LogP) is 1.09. The van der Waals surface area contributed by atoms with E-state index in [4.69, 9.17) is 9.47 Å². The number of anilines is 2. The Kier molecular flexibility index (Phi) is 5.55. The van der Waals surface area contributed by atoms with Crippen molar-refractivity contribution < 1.29 is 9.47 Å². The zero-order chi connectivity index (χ0) is 14.2. The molecule has 0 aliphatic carbocycles. The Labute approximate surface area is 119 Å². The molecule has 0 aromatic carbocycles. The maximum absolute atomic E-state index is 5.57. The molecule has 1 fully saturated rings. The van der Waals surface area contributed by atoms with Crippen molar-refractivity contribution in [3.63, 3.8) is 0 Å². The van der Waals surface area contributed by atoms with E-state index in [-0.39, 0.29) is 0 Å². The van der Waals surface area contributed by atoms with Gasteiger partial charge in [-0.2, -0.15) is 15.0 Å². The van der Waals surface area contributed by atoms with Gasteiger partial charge >= 0.3 is 6.01 Å². The van der Waals surface area contributed by atoms with Crippen LogP contribution < -0.4 is 15.0 Å². The van der Waals surface area contributed by atoms with Gasteiger partial charge < -0.3 is 19.7 Å². The van der Waals surface area contributed by atoms with Crippen molar-refractivity contribution in [1.82, 2.24) is 15.0 Å². The number of hydrogen-bond donors (Lipinski definition) is 1. The number of hydrogen-bond acceptors (Lipinski definition) is 7. The molecule has 1 saturated heterocycles. The Morgan fingerprint density at radius 2 is 2.15 bits per heavy atom. The lowest BCUT2D eigenvalue weighted by Crippen LogP contribution is -2.37. The minimum Gasteiger partial charge on any atom is -0.463 e. The topological polar surface area (TPSA) is 72.4 Å². The van der Waals surface area contributed by atoms with Gasteiger partial charge in [0.25, 0.3) is 0 Å². The van der Waals surface area contributed by atoms with Crippen molar-refractivity contribution in [1.29, 1.82) is 0 Å². The Morgan fingerprint density at radius 3 is 2.85 bits per heavy atom. The molecule has 0 saturated carbocycles. The molecule has 1 aromatic heterocycles. The van der Waals surface area contributed by atoms with Gasteiger partial charge in [-0.05, 0) is 12.8 Å². The number of morpholine rings is 1. The fraction of sp³-hybridized carbons (Fsp3) is 0.615. The lowest BCUT2D eigenvalue weighted by molar-refractivity contribution is 0.122. The third kappa shape index (κ3) is 4.06. The fourth-order valence-corrected chi connectivity index (χ4v) is 1.82. The van der Waals surface area contributed by atoms with Crippen LogP contribution in [0.3, 0.4) is 0 Å². The Hall–Kier alpha value is -1.89. The van der Waals surface area contributed by atoms with Gasteiger partial charge in [-0.25, -0.2) is 0 Å². The van der Waals surface area contributed by atoms with E-state index in [2.05, 4.69) is 31.7 Å². The van der Waals surface area contributed by atoms with Gasteiger partial charge in [0.1, 0.15) is 0 Å². The number of ether oxygens (including phenoxy) is 2. The van der Waals surface area contributed by atoms with Crippen LogP contribution in [-0.4, -0.2) is 54.9 Å². The maximum atomic E-state index is 5.57. The summed E-state index contributed by atoms with van der Waals surface area (Å²) < 4.78 is 10.9. The molecule has 0 bridgehead atoms. The summed E-state index contributed by atoms with van der Waals surface area (Å²) in [6, 6.07) is 0.356.